The summed E-state index contributed by atoms with van der Waals surface area (Å²) in [5, 5.41) is 6.30. The number of pyridine rings is 1. The highest BCUT2D eigenvalue weighted by atomic mass is 16.5. The van der Waals surface area contributed by atoms with Gasteiger partial charge >= 0.3 is 0 Å². The lowest BCUT2D eigenvalue weighted by molar-refractivity contribution is -0.122. The lowest BCUT2D eigenvalue weighted by atomic mass is 9.94. The predicted octanol–water partition coefficient (Wildman–Crippen LogP) is 1.87. The van der Waals surface area contributed by atoms with Gasteiger partial charge in [-0.25, -0.2) is 4.98 Å². The predicted molar refractivity (Wildman–Crippen MR) is 82.1 cm³/mol. The molecule has 0 spiro atoms. The van der Waals surface area contributed by atoms with Gasteiger partial charge in [0.05, 0.1) is 6.10 Å². The van der Waals surface area contributed by atoms with Gasteiger partial charge in [0.2, 0.25) is 11.8 Å². The van der Waals surface area contributed by atoms with Crippen molar-refractivity contribution < 1.29 is 9.53 Å². The Morgan fingerprint density at radius 2 is 2.24 bits per heavy atom. The fourth-order valence-electron chi connectivity index (χ4n) is 2.50. The molecule has 1 aromatic heterocycles. The highest BCUT2D eigenvalue weighted by molar-refractivity contribution is 5.76. The van der Waals surface area contributed by atoms with Crippen LogP contribution < -0.4 is 15.4 Å². The van der Waals surface area contributed by atoms with Crippen LogP contribution >= 0.6 is 0 Å². The summed E-state index contributed by atoms with van der Waals surface area (Å²) in [6, 6.07) is 3.80. The Labute approximate surface area is 126 Å². The fourth-order valence-corrected chi connectivity index (χ4v) is 2.50. The molecule has 1 aliphatic rings. The van der Waals surface area contributed by atoms with Gasteiger partial charge in [-0.3, -0.25) is 4.79 Å². The Bertz CT molecular complexity index is 457. The van der Waals surface area contributed by atoms with Gasteiger partial charge in [0, 0.05) is 24.7 Å². The van der Waals surface area contributed by atoms with Gasteiger partial charge in [-0.05, 0) is 51.8 Å². The standard InChI is InChI=1S/C16H25N3O2/c1-12(2)21-16-14(4-3-7-18-16)11-19-15(20)10-13-5-8-17-9-6-13/h3-4,7,12-13,17H,5-6,8-11H2,1-2H3,(H,19,20). The Hall–Kier alpha value is -1.62. The van der Waals surface area contributed by atoms with E-state index in [0.717, 1.165) is 31.5 Å². The SMILES string of the molecule is CC(C)Oc1ncccc1CNC(=O)CC1CCNCC1. The maximum Gasteiger partial charge on any atom is 0.220 e. The first-order chi connectivity index (χ1) is 10.1. The van der Waals surface area contributed by atoms with Crippen molar-refractivity contribution in [2.45, 2.75) is 45.8 Å². The number of nitrogens with zero attached hydrogens (tertiary/aromatic N) is 1. The summed E-state index contributed by atoms with van der Waals surface area (Å²) in [7, 11) is 0. The lowest BCUT2D eigenvalue weighted by Gasteiger charge is -2.22. The molecule has 0 radical (unpaired) electrons. The number of hydrogen-bond acceptors (Lipinski definition) is 4. The van der Waals surface area contributed by atoms with Crippen LogP contribution in [0.5, 0.6) is 5.88 Å². The molecule has 21 heavy (non-hydrogen) atoms. The normalized spacial score (nSPS) is 16.0. The van der Waals surface area contributed by atoms with E-state index in [0.29, 0.717) is 24.8 Å². The highest BCUT2D eigenvalue weighted by Gasteiger charge is 2.17. The molecule has 1 fully saturated rings. The van der Waals surface area contributed by atoms with Crippen molar-refractivity contribution in [3.05, 3.63) is 23.9 Å². The van der Waals surface area contributed by atoms with Crippen LogP contribution in [0.15, 0.2) is 18.3 Å². The maximum atomic E-state index is 12.0. The molecule has 2 rings (SSSR count). The topological polar surface area (TPSA) is 63.2 Å². The van der Waals surface area contributed by atoms with Gasteiger partial charge in [0.1, 0.15) is 0 Å². The van der Waals surface area contributed by atoms with Gasteiger partial charge in [-0.15, -0.1) is 0 Å². The Balaban J connectivity index is 1.83. The third kappa shape index (κ3) is 5.34. The first-order valence-corrected chi connectivity index (χ1v) is 7.73. The summed E-state index contributed by atoms with van der Waals surface area (Å²) in [4.78, 5) is 16.3. The third-order valence-electron chi connectivity index (χ3n) is 3.61. The minimum atomic E-state index is 0.0732. The summed E-state index contributed by atoms with van der Waals surface area (Å²) in [5.74, 6) is 1.22. The second kappa shape index (κ2) is 7.98. The van der Waals surface area contributed by atoms with E-state index in [1.54, 1.807) is 6.20 Å². The van der Waals surface area contributed by atoms with E-state index < -0.39 is 0 Å². The molecule has 2 heterocycles. The molecule has 0 atom stereocenters. The molecule has 0 bridgehead atoms. The molecular formula is C16H25N3O2. The number of carbonyl (C=O) groups is 1. The minimum absolute atomic E-state index is 0.0732. The van der Waals surface area contributed by atoms with Crippen molar-refractivity contribution in [2.24, 2.45) is 5.92 Å². The first kappa shape index (κ1) is 15.8. The zero-order chi connectivity index (χ0) is 15.1. The summed E-state index contributed by atoms with van der Waals surface area (Å²) in [5.41, 5.74) is 0.921. The molecule has 5 heteroatoms. The lowest BCUT2D eigenvalue weighted by Crippen LogP contribution is -2.32. The van der Waals surface area contributed by atoms with Gasteiger partial charge in [0.25, 0.3) is 0 Å². The van der Waals surface area contributed by atoms with E-state index in [9.17, 15) is 4.79 Å². The molecule has 1 saturated heterocycles. The summed E-state index contributed by atoms with van der Waals surface area (Å²) < 4.78 is 5.66. The largest absolute Gasteiger partial charge is 0.475 e. The summed E-state index contributed by atoms with van der Waals surface area (Å²) in [6.07, 6.45) is 4.56. The van der Waals surface area contributed by atoms with Crippen LogP contribution in [0.3, 0.4) is 0 Å². The van der Waals surface area contributed by atoms with Crippen molar-refractivity contribution in [1.82, 2.24) is 15.6 Å². The van der Waals surface area contributed by atoms with E-state index in [2.05, 4.69) is 15.6 Å². The third-order valence-corrected chi connectivity index (χ3v) is 3.61. The van der Waals surface area contributed by atoms with Gasteiger partial charge in [-0.1, -0.05) is 6.07 Å². The van der Waals surface area contributed by atoms with E-state index >= 15 is 0 Å². The molecule has 1 aromatic rings. The van der Waals surface area contributed by atoms with Crippen molar-refractivity contribution in [1.29, 1.82) is 0 Å². The number of ether oxygens (including phenoxy) is 1. The number of aromatic nitrogens is 1. The van der Waals surface area contributed by atoms with Crippen LogP contribution in [0.2, 0.25) is 0 Å². The van der Waals surface area contributed by atoms with Crippen LogP contribution in [-0.2, 0) is 11.3 Å². The van der Waals surface area contributed by atoms with Crippen molar-refractivity contribution in [3.63, 3.8) is 0 Å². The van der Waals surface area contributed by atoms with Gasteiger partial charge < -0.3 is 15.4 Å². The second-order valence-corrected chi connectivity index (χ2v) is 5.81. The number of carbonyl (C=O) groups excluding carboxylic acids is 1. The van der Waals surface area contributed by atoms with E-state index in [-0.39, 0.29) is 12.0 Å². The molecule has 0 aliphatic carbocycles. The molecule has 1 aliphatic heterocycles. The monoisotopic (exact) mass is 291 g/mol. The number of rotatable bonds is 6. The quantitative estimate of drug-likeness (QED) is 0.840. The summed E-state index contributed by atoms with van der Waals surface area (Å²) in [6.45, 7) is 6.45. The van der Waals surface area contributed by atoms with E-state index in [1.807, 2.05) is 26.0 Å². The zero-order valence-corrected chi connectivity index (χ0v) is 12.9. The fraction of sp³-hybridized carbons (Fsp3) is 0.625. The molecule has 1 amide bonds. The van der Waals surface area contributed by atoms with Crippen LogP contribution in [0.4, 0.5) is 0 Å². The Morgan fingerprint density at radius 3 is 2.95 bits per heavy atom. The van der Waals surface area contributed by atoms with Crippen molar-refractivity contribution in [2.75, 3.05) is 13.1 Å². The van der Waals surface area contributed by atoms with Crippen LogP contribution in [-0.4, -0.2) is 30.1 Å². The second-order valence-electron chi connectivity index (χ2n) is 5.81. The molecule has 2 N–H and O–H groups in total. The first-order valence-electron chi connectivity index (χ1n) is 7.73. The minimum Gasteiger partial charge on any atom is -0.475 e. The Kier molecular flexibility index (Phi) is 5.99. The molecule has 0 aromatic carbocycles. The van der Waals surface area contributed by atoms with Crippen molar-refractivity contribution >= 4 is 5.91 Å². The molecule has 5 nitrogen and oxygen atoms in total. The zero-order valence-electron chi connectivity index (χ0n) is 12.9. The maximum absolute atomic E-state index is 12.0. The molecule has 0 saturated carbocycles. The number of amides is 1. The van der Waals surface area contributed by atoms with Gasteiger partial charge in [-0.2, -0.15) is 0 Å². The average molecular weight is 291 g/mol. The number of hydrogen-bond donors (Lipinski definition) is 2. The highest BCUT2D eigenvalue weighted by Crippen LogP contribution is 2.17. The van der Waals surface area contributed by atoms with Gasteiger partial charge in [0.15, 0.2) is 0 Å². The molecular weight excluding hydrogens is 266 g/mol. The molecule has 0 unspecified atom stereocenters. The number of piperidine rings is 1. The van der Waals surface area contributed by atoms with E-state index in [1.165, 1.54) is 0 Å². The smallest absolute Gasteiger partial charge is 0.220 e. The van der Waals surface area contributed by atoms with Crippen LogP contribution in [0, 0.1) is 5.92 Å². The average Bonchev–Trinajstić information content (AvgIpc) is 2.47. The van der Waals surface area contributed by atoms with Crippen LogP contribution in [0.25, 0.3) is 0 Å². The van der Waals surface area contributed by atoms with E-state index in [4.69, 9.17) is 4.74 Å². The van der Waals surface area contributed by atoms with Crippen molar-refractivity contribution in [3.8, 4) is 5.88 Å². The summed E-state index contributed by atoms with van der Waals surface area (Å²) >= 11 is 0. The number of nitrogens with one attached hydrogen (secondary N) is 2. The Morgan fingerprint density at radius 1 is 1.48 bits per heavy atom. The van der Waals surface area contributed by atoms with Crippen LogP contribution in [0.1, 0.15) is 38.7 Å². The molecule has 116 valence electrons.